The number of fused-ring (bicyclic) bond motifs is 3. The standard InChI is InChI=1S/C22H18ClNO3/c1-2-26-22(25)19-18(15-9-5-6-10-17(15)23)16-12-11-13-7-3-4-8-14(13)20(16)27-21(19)24/h3-12,18H,2,24H2,1H3. The number of carbonyl (C=O) groups excluding carboxylic acids is 1. The van der Waals surface area contributed by atoms with Crippen molar-refractivity contribution in [2.24, 2.45) is 5.73 Å². The molecule has 1 aliphatic rings. The van der Waals surface area contributed by atoms with E-state index in [9.17, 15) is 4.79 Å². The topological polar surface area (TPSA) is 61.5 Å². The average Bonchev–Trinajstić information content (AvgIpc) is 2.67. The van der Waals surface area contributed by atoms with Crippen LogP contribution in [0.25, 0.3) is 10.8 Å². The summed E-state index contributed by atoms with van der Waals surface area (Å²) in [6.07, 6.45) is 0. The van der Waals surface area contributed by atoms with Crippen LogP contribution in [0.4, 0.5) is 0 Å². The van der Waals surface area contributed by atoms with E-state index < -0.39 is 11.9 Å². The molecular weight excluding hydrogens is 362 g/mol. The Hall–Kier alpha value is -2.98. The van der Waals surface area contributed by atoms with Gasteiger partial charge in [0, 0.05) is 16.0 Å². The number of esters is 1. The second kappa shape index (κ2) is 6.97. The van der Waals surface area contributed by atoms with Crippen LogP contribution in [0.15, 0.2) is 72.1 Å². The highest BCUT2D eigenvalue weighted by Crippen LogP contribution is 2.47. The highest BCUT2D eigenvalue weighted by Gasteiger charge is 2.37. The van der Waals surface area contributed by atoms with E-state index in [2.05, 4.69) is 0 Å². The molecule has 3 aromatic carbocycles. The minimum atomic E-state index is -0.501. The summed E-state index contributed by atoms with van der Waals surface area (Å²) in [6.45, 7) is 2.00. The number of benzene rings is 3. The highest BCUT2D eigenvalue weighted by atomic mass is 35.5. The number of ether oxygens (including phenoxy) is 2. The van der Waals surface area contributed by atoms with Crippen molar-refractivity contribution in [3.05, 3.63) is 88.3 Å². The van der Waals surface area contributed by atoms with Gasteiger partial charge in [-0.2, -0.15) is 0 Å². The third-order valence-electron chi connectivity index (χ3n) is 4.70. The lowest BCUT2D eigenvalue weighted by Crippen LogP contribution is -2.27. The van der Waals surface area contributed by atoms with Crippen molar-refractivity contribution in [3.8, 4) is 5.75 Å². The largest absolute Gasteiger partial charge is 0.462 e. The van der Waals surface area contributed by atoms with Gasteiger partial charge in [-0.05, 0) is 23.9 Å². The van der Waals surface area contributed by atoms with E-state index in [1.807, 2.05) is 54.6 Å². The van der Waals surface area contributed by atoms with Crippen LogP contribution in [0, 0.1) is 0 Å². The SMILES string of the molecule is CCOC(=O)C1=C(N)Oc2c(ccc3ccccc23)C1c1ccccc1Cl. The average molecular weight is 380 g/mol. The first kappa shape index (κ1) is 17.4. The fraction of sp³-hybridized carbons (Fsp3) is 0.136. The van der Waals surface area contributed by atoms with Crippen molar-refractivity contribution in [2.45, 2.75) is 12.8 Å². The predicted octanol–water partition coefficient (Wildman–Crippen LogP) is 4.75. The Labute approximate surface area is 162 Å². The van der Waals surface area contributed by atoms with Gasteiger partial charge in [-0.15, -0.1) is 0 Å². The monoisotopic (exact) mass is 379 g/mol. The number of rotatable bonds is 3. The van der Waals surface area contributed by atoms with Crippen molar-refractivity contribution in [1.82, 2.24) is 0 Å². The summed E-state index contributed by atoms with van der Waals surface area (Å²) in [6, 6.07) is 19.3. The molecule has 136 valence electrons. The quantitative estimate of drug-likeness (QED) is 0.667. The van der Waals surface area contributed by atoms with Gasteiger partial charge in [0.1, 0.15) is 11.3 Å². The summed E-state index contributed by atoms with van der Waals surface area (Å²) in [5.41, 5.74) is 8.09. The van der Waals surface area contributed by atoms with Crippen LogP contribution in [0.3, 0.4) is 0 Å². The molecular formula is C22H18ClNO3. The zero-order valence-corrected chi connectivity index (χ0v) is 15.5. The van der Waals surface area contributed by atoms with Crippen LogP contribution in [0.2, 0.25) is 5.02 Å². The van der Waals surface area contributed by atoms with Crippen molar-refractivity contribution in [3.63, 3.8) is 0 Å². The van der Waals surface area contributed by atoms with E-state index in [0.29, 0.717) is 10.8 Å². The second-order valence-corrected chi connectivity index (χ2v) is 6.67. The van der Waals surface area contributed by atoms with Gasteiger partial charge < -0.3 is 15.2 Å². The third kappa shape index (κ3) is 2.92. The van der Waals surface area contributed by atoms with E-state index in [1.54, 1.807) is 13.0 Å². The zero-order chi connectivity index (χ0) is 19.0. The minimum absolute atomic E-state index is 0.0437. The van der Waals surface area contributed by atoms with Gasteiger partial charge in [0.2, 0.25) is 5.88 Å². The van der Waals surface area contributed by atoms with Crippen LogP contribution >= 0.6 is 11.6 Å². The molecule has 0 aromatic heterocycles. The Morgan fingerprint density at radius 1 is 1.07 bits per heavy atom. The van der Waals surface area contributed by atoms with E-state index in [0.717, 1.165) is 21.9 Å². The Kier molecular flexibility index (Phi) is 4.50. The van der Waals surface area contributed by atoms with Crippen LogP contribution in [-0.4, -0.2) is 12.6 Å². The molecule has 1 unspecified atom stereocenters. The smallest absolute Gasteiger partial charge is 0.340 e. The van der Waals surface area contributed by atoms with Crippen molar-refractivity contribution < 1.29 is 14.3 Å². The zero-order valence-electron chi connectivity index (χ0n) is 14.7. The van der Waals surface area contributed by atoms with Gasteiger partial charge in [0.15, 0.2) is 0 Å². The molecule has 0 saturated heterocycles. The van der Waals surface area contributed by atoms with Gasteiger partial charge in [-0.1, -0.05) is 66.2 Å². The second-order valence-electron chi connectivity index (χ2n) is 6.26. The van der Waals surface area contributed by atoms with Crippen molar-refractivity contribution >= 4 is 28.3 Å². The van der Waals surface area contributed by atoms with Crippen LogP contribution < -0.4 is 10.5 Å². The molecule has 1 aliphatic heterocycles. The van der Waals surface area contributed by atoms with Gasteiger partial charge in [0.05, 0.1) is 12.5 Å². The first-order chi connectivity index (χ1) is 13.1. The Morgan fingerprint density at radius 2 is 1.81 bits per heavy atom. The molecule has 5 heteroatoms. The summed E-state index contributed by atoms with van der Waals surface area (Å²) in [5.74, 6) is -0.282. The minimum Gasteiger partial charge on any atom is -0.462 e. The normalized spacial score (nSPS) is 16.0. The van der Waals surface area contributed by atoms with Crippen LogP contribution in [0.1, 0.15) is 24.0 Å². The Bertz CT molecular complexity index is 1070. The van der Waals surface area contributed by atoms with E-state index in [4.69, 9.17) is 26.8 Å². The molecule has 0 amide bonds. The van der Waals surface area contributed by atoms with Gasteiger partial charge in [-0.3, -0.25) is 0 Å². The maximum Gasteiger partial charge on any atom is 0.340 e. The molecule has 0 spiro atoms. The lowest BCUT2D eigenvalue weighted by Gasteiger charge is -2.29. The molecule has 0 aliphatic carbocycles. The maximum absolute atomic E-state index is 12.7. The summed E-state index contributed by atoms with van der Waals surface area (Å²) in [5, 5.41) is 2.51. The summed E-state index contributed by atoms with van der Waals surface area (Å²) < 4.78 is 11.2. The third-order valence-corrected chi connectivity index (χ3v) is 5.04. The van der Waals surface area contributed by atoms with Crippen molar-refractivity contribution in [2.75, 3.05) is 6.61 Å². The molecule has 4 nitrogen and oxygen atoms in total. The number of halogens is 1. The molecule has 2 N–H and O–H groups in total. The molecule has 0 radical (unpaired) electrons. The summed E-state index contributed by atoms with van der Waals surface area (Å²) >= 11 is 6.48. The molecule has 1 heterocycles. The number of hydrogen-bond acceptors (Lipinski definition) is 4. The first-order valence-corrected chi connectivity index (χ1v) is 9.10. The first-order valence-electron chi connectivity index (χ1n) is 8.72. The maximum atomic E-state index is 12.7. The number of hydrogen-bond donors (Lipinski definition) is 1. The molecule has 0 fully saturated rings. The molecule has 0 saturated carbocycles. The molecule has 3 aromatic rings. The van der Waals surface area contributed by atoms with Crippen LogP contribution in [-0.2, 0) is 9.53 Å². The highest BCUT2D eigenvalue weighted by molar-refractivity contribution is 6.31. The fourth-order valence-corrected chi connectivity index (χ4v) is 3.77. The molecule has 4 rings (SSSR count). The molecule has 0 bridgehead atoms. The van der Waals surface area contributed by atoms with Gasteiger partial charge in [0.25, 0.3) is 0 Å². The van der Waals surface area contributed by atoms with Gasteiger partial charge >= 0.3 is 5.97 Å². The van der Waals surface area contributed by atoms with E-state index in [-0.39, 0.29) is 18.1 Å². The Balaban J connectivity index is 2.00. The predicted molar refractivity (Wildman–Crippen MR) is 106 cm³/mol. The van der Waals surface area contributed by atoms with Crippen molar-refractivity contribution in [1.29, 1.82) is 0 Å². The number of carbonyl (C=O) groups is 1. The van der Waals surface area contributed by atoms with Crippen LogP contribution in [0.5, 0.6) is 5.75 Å². The fourth-order valence-electron chi connectivity index (χ4n) is 3.52. The van der Waals surface area contributed by atoms with E-state index >= 15 is 0 Å². The number of nitrogens with two attached hydrogens (primary N) is 1. The van der Waals surface area contributed by atoms with E-state index in [1.165, 1.54) is 0 Å². The summed E-state index contributed by atoms with van der Waals surface area (Å²) in [4.78, 5) is 12.7. The summed E-state index contributed by atoms with van der Waals surface area (Å²) in [7, 11) is 0. The molecule has 27 heavy (non-hydrogen) atoms. The lowest BCUT2D eigenvalue weighted by atomic mass is 9.82. The Morgan fingerprint density at radius 3 is 2.59 bits per heavy atom. The molecule has 1 atom stereocenters. The van der Waals surface area contributed by atoms with Gasteiger partial charge in [-0.25, -0.2) is 4.79 Å². The lowest BCUT2D eigenvalue weighted by molar-refractivity contribution is -0.139.